The van der Waals surface area contributed by atoms with Crippen molar-refractivity contribution in [2.75, 3.05) is 17.6 Å². The molecule has 1 aliphatic rings. The van der Waals surface area contributed by atoms with Crippen LogP contribution < -0.4 is 21.7 Å². The molecule has 104 valence electrons. The highest BCUT2D eigenvalue weighted by Gasteiger charge is 2.25. The quantitative estimate of drug-likeness (QED) is 0.629. The molecule has 1 aromatic rings. The van der Waals surface area contributed by atoms with Crippen molar-refractivity contribution in [2.45, 2.75) is 32.4 Å². The van der Waals surface area contributed by atoms with Crippen LogP contribution in [0.3, 0.4) is 0 Å². The van der Waals surface area contributed by atoms with Crippen molar-refractivity contribution < 1.29 is 9.59 Å². The third-order valence-electron chi connectivity index (χ3n) is 2.58. The number of thiazole rings is 1. The van der Waals surface area contributed by atoms with Gasteiger partial charge in [0, 0.05) is 19.0 Å². The molecule has 2 rings (SSSR count). The fourth-order valence-electron chi connectivity index (χ4n) is 1.76. The first-order valence-electron chi connectivity index (χ1n) is 6.06. The van der Waals surface area contributed by atoms with E-state index in [1.165, 1.54) is 11.3 Å². The Labute approximate surface area is 115 Å². The Bertz CT molecular complexity index is 499. The molecule has 1 aromatic heterocycles. The maximum atomic E-state index is 12.0. The van der Waals surface area contributed by atoms with Crippen LogP contribution in [0, 0.1) is 0 Å². The largest absolute Gasteiger partial charge is 0.382 e. The molecule has 0 saturated carbocycles. The van der Waals surface area contributed by atoms with Gasteiger partial charge in [-0.1, -0.05) is 11.3 Å². The SMILES string of the molecule is CC(C)Nc1nc(N)c(C(=O)NC2CNC(=O)C2)s1. The Morgan fingerprint density at radius 1 is 1.58 bits per heavy atom. The average molecular weight is 283 g/mol. The summed E-state index contributed by atoms with van der Waals surface area (Å²) in [5.74, 6) is -0.124. The van der Waals surface area contributed by atoms with E-state index in [1.54, 1.807) is 0 Å². The van der Waals surface area contributed by atoms with Gasteiger partial charge < -0.3 is 21.7 Å². The Balaban J connectivity index is 2.02. The summed E-state index contributed by atoms with van der Waals surface area (Å²) in [5.41, 5.74) is 5.74. The van der Waals surface area contributed by atoms with Crippen LogP contribution in [0.5, 0.6) is 0 Å². The number of carbonyl (C=O) groups excluding carboxylic acids is 2. The number of rotatable bonds is 4. The summed E-state index contributed by atoms with van der Waals surface area (Å²) in [7, 11) is 0. The molecule has 2 heterocycles. The van der Waals surface area contributed by atoms with Crippen LogP contribution >= 0.6 is 11.3 Å². The Hall–Kier alpha value is -1.83. The summed E-state index contributed by atoms with van der Waals surface area (Å²) in [4.78, 5) is 27.6. The van der Waals surface area contributed by atoms with Gasteiger partial charge in [0.15, 0.2) is 5.13 Å². The van der Waals surface area contributed by atoms with Crippen molar-refractivity contribution in [2.24, 2.45) is 0 Å². The van der Waals surface area contributed by atoms with Gasteiger partial charge in [-0.3, -0.25) is 9.59 Å². The van der Waals surface area contributed by atoms with Crippen molar-refractivity contribution in [1.29, 1.82) is 0 Å². The van der Waals surface area contributed by atoms with Crippen molar-refractivity contribution >= 4 is 34.1 Å². The maximum Gasteiger partial charge on any atom is 0.265 e. The number of nitrogens with one attached hydrogen (secondary N) is 3. The van der Waals surface area contributed by atoms with Crippen molar-refractivity contribution in [3.63, 3.8) is 0 Å². The van der Waals surface area contributed by atoms with Crippen LogP contribution in [0.4, 0.5) is 10.9 Å². The molecular formula is C11H17N5O2S. The van der Waals surface area contributed by atoms with E-state index in [0.29, 0.717) is 23.0 Å². The van der Waals surface area contributed by atoms with Crippen molar-refractivity contribution in [1.82, 2.24) is 15.6 Å². The van der Waals surface area contributed by atoms with E-state index in [1.807, 2.05) is 13.8 Å². The van der Waals surface area contributed by atoms with Crippen LogP contribution in [0.2, 0.25) is 0 Å². The lowest BCUT2D eigenvalue weighted by molar-refractivity contribution is -0.119. The van der Waals surface area contributed by atoms with Gasteiger partial charge in [-0.25, -0.2) is 4.98 Å². The van der Waals surface area contributed by atoms with Gasteiger partial charge in [0.25, 0.3) is 5.91 Å². The fourth-order valence-corrected chi connectivity index (χ4v) is 2.70. The average Bonchev–Trinajstić information content (AvgIpc) is 2.84. The molecule has 0 radical (unpaired) electrons. The second-order valence-electron chi connectivity index (χ2n) is 4.71. The number of hydrogen-bond donors (Lipinski definition) is 4. The molecule has 19 heavy (non-hydrogen) atoms. The van der Waals surface area contributed by atoms with Crippen molar-refractivity contribution in [3.8, 4) is 0 Å². The predicted octanol–water partition coefficient (Wildman–Crippen LogP) is 0.164. The number of nitrogens with two attached hydrogens (primary N) is 1. The lowest BCUT2D eigenvalue weighted by atomic mass is 10.2. The monoisotopic (exact) mass is 283 g/mol. The zero-order valence-electron chi connectivity index (χ0n) is 10.8. The number of aromatic nitrogens is 1. The summed E-state index contributed by atoms with van der Waals surface area (Å²) in [5, 5.41) is 9.16. The van der Waals surface area contributed by atoms with Crippen LogP contribution in [-0.2, 0) is 4.79 Å². The first kappa shape index (κ1) is 13.6. The lowest BCUT2D eigenvalue weighted by Gasteiger charge is -2.08. The van der Waals surface area contributed by atoms with E-state index in [4.69, 9.17) is 5.73 Å². The molecule has 1 unspecified atom stereocenters. The zero-order chi connectivity index (χ0) is 14.0. The van der Waals surface area contributed by atoms with Gasteiger partial charge in [-0.05, 0) is 13.8 Å². The second kappa shape index (κ2) is 5.43. The Morgan fingerprint density at radius 3 is 2.89 bits per heavy atom. The molecule has 0 aromatic carbocycles. The van der Waals surface area contributed by atoms with Crippen LogP contribution in [0.25, 0.3) is 0 Å². The van der Waals surface area contributed by atoms with E-state index < -0.39 is 0 Å². The highest BCUT2D eigenvalue weighted by atomic mass is 32.1. The van der Waals surface area contributed by atoms with E-state index in [0.717, 1.165) is 0 Å². The van der Waals surface area contributed by atoms with Gasteiger partial charge in [-0.15, -0.1) is 0 Å². The topological polar surface area (TPSA) is 109 Å². The third kappa shape index (κ3) is 3.34. The third-order valence-corrected chi connectivity index (χ3v) is 3.59. The number of nitrogens with zero attached hydrogens (tertiary/aromatic N) is 1. The number of anilines is 2. The summed E-state index contributed by atoms with van der Waals surface area (Å²) < 4.78 is 0. The van der Waals surface area contributed by atoms with Gasteiger partial charge in [0.1, 0.15) is 10.7 Å². The molecule has 1 atom stereocenters. The van der Waals surface area contributed by atoms with E-state index >= 15 is 0 Å². The van der Waals surface area contributed by atoms with Gasteiger partial charge in [0.2, 0.25) is 5.91 Å². The Morgan fingerprint density at radius 2 is 2.32 bits per heavy atom. The number of hydrogen-bond acceptors (Lipinski definition) is 6. The number of carbonyl (C=O) groups is 2. The molecule has 5 N–H and O–H groups in total. The molecular weight excluding hydrogens is 266 g/mol. The minimum absolute atomic E-state index is 0.0512. The standard InChI is InChI=1S/C11H17N5O2S/c1-5(2)14-11-16-9(12)8(19-11)10(18)15-6-3-7(17)13-4-6/h5-6H,3-4,12H2,1-2H3,(H,13,17)(H,14,16)(H,15,18). The molecule has 8 heteroatoms. The second-order valence-corrected chi connectivity index (χ2v) is 5.71. The molecule has 1 saturated heterocycles. The lowest BCUT2D eigenvalue weighted by Crippen LogP contribution is -2.36. The molecule has 0 aliphatic carbocycles. The minimum atomic E-state index is -0.284. The van der Waals surface area contributed by atoms with Crippen LogP contribution in [0.1, 0.15) is 29.9 Å². The summed E-state index contributed by atoms with van der Waals surface area (Å²) in [6.07, 6.45) is 0.307. The number of nitrogen functional groups attached to an aromatic ring is 1. The minimum Gasteiger partial charge on any atom is -0.382 e. The van der Waals surface area contributed by atoms with Gasteiger partial charge in [-0.2, -0.15) is 0 Å². The molecule has 0 spiro atoms. The summed E-state index contributed by atoms with van der Waals surface area (Å²) in [6.45, 7) is 4.42. The van der Waals surface area contributed by atoms with Gasteiger partial charge in [0.05, 0.1) is 6.04 Å². The predicted molar refractivity (Wildman–Crippen MR) is 74.2 cm³/mol. The molecule has 2 amide bonds. The Kier molecular flexibility index (Phi) is 3.89. The first-order valence-corrected chi connectivity index (χ1v) is 6.87. The smallest absolute Gasteiger partial charge is 0.265 e. The molecule has 1 aliphatic heterocycles. The highest BCUT2D eigenvalue weighted by Crippen LogP contribution is 2.25. The highest BCUT2D eigenvalue weighted by molar-refractivity contribution is 7.18. The molecule has 0 bridgehead atoms. The van der Waals surface area contributed by atoms with E-state index in [-0.39, 0.29) is 29.7 Å². The maximum absolute atomic E-state index is 12.0. The molecule has 1 fully saturated rings. The molecule has 7 nitrogen and oxygen atoms in total. The van der Waals surface area contributed by atoms with E-state index in [9.17, 15) is 9.59 Å². The first-order chi connectivity index (χ1) is 8.95. The normalized spacial score (nSPS) is 18.5. The number of amides is 2. The summed E-state index contributed by atoms with van der Waals surface area (Å²) in [6, 6.07) is 0.0427. The van der Waals surface area contributed by atoms with Crippen LogP contribution in [-0.4, -0.2) is 35.4 Å². The zero-order valence-corrected chi connectivity index (χ0v) is 11.6. The summed E-state index contributed by atoms with van der Waals surface area (Å²) >= 11 is 1.22. The van der Waals surface area contributed by atoms with E-state index in [2.05, 4.69) is 20.9 Å². The van der Waals surface area contributed by atoms with Crippen molar-refractivity contribution in [3.05, 3.63) is 4.88 Å². The fraction of sp³-hybridized carbons (Fsp3) is 0.545. The van der Waals surface area contributed by atoms with Gasteiger partial charge >= 0.3 is 0 Å². The van der Waals surface area contributed by atoms with Crippen LogP contribution in [0.15, 0.2) is 0 Å².